The predicted octanol–water partition coefficient (Wildman–Crippen LogP) is 2.92. The number of benzene rings is 2. The Kier molecular flexibility index (Phi) is 7.16. The van der Waals surface area contributed by atoms with Gasteiger partial charge in [-0.3, -0.25) is 4.79 Å². The van der Waals surface area contributed by atoms with Gasteiger partial charge in [-0.25, -0.2) is 8.42 Å². The summed E-state index contributed by atoms with van der Waals surface area (Å²) in [5, 5.41) is 3.32. The molecule has 1 aliphatic rings. The number of sulfonamides is 1. The molecule has 0 saturated carbocycles. The van der Waals surface area contributed by atoms with Crippen molar-refractivity contribution in [3.8, 4) is 0 Å². The van der Waals surface area contributed by atoms with Crippen molar-refractivity contribution in [2.45, 2.75) is 13.3 Å². The number of hydrogen-bond donors (Lipinski definition) is 1. The maximum absolute atomic E-state index is 12.6. The number of aryl methyl sites for hydroxylation is 1. The number of halogens is 1. The minimum atomic E-state index is -3.33. The van der Waals surface area contributed by atoms with Crippen molar-refractivity contribution < 1.29 is 13.2 Å². The Hall–Kier alpha value is -2.09. The number of nitrogens with zero attached hydrogens (tertiary/aromatic N) is 2. The van der Waals surface area contributed by atoms with Crippen molar-refractivity contribution in [2.24, 2.45) is 0 Å². The van der Waals surface area contributed by atoms with Gasteiger partial charge in [-0.2, -0.15) is 4.31 Å². The average molecular weight is 436 g/mol. The fourth-order valence-corrected chi connectivity index (χ4v) is 4.95. The van der Waals surface area contributed by atoms with E-state index in [0.29, 0.717) is 49.7 Å². The summed E-state index contributed by atoms with van der Waals surface area (Å²) < 4.78 is 26.8. The third-order valence-electron chi connectivity index (χ3n) is 4.97. The molecule has 1 amide bonds. The fourth-order valence-electron chi connectivity index (χ4n) is 3.34. The summed E-state index contributed by atoms with van der Waals surface area (Å²) in [5.74, 6) is -0.205. The van der Waals surface area contributed by atoms with Crippen LogP contribution >= 0.6 is 11.6 Å². The van der Waals surface area contributed by atoms with E-state index in [2.05, 4.69) is 35.3 Å². The number of rotatable bonds is 7. The lowest BCUT2D eigenvalue weighted by Crippen LogP contribution is -2.49. The van der Waals surface area contributed by atoms with E-state index < -0.39 is 10.0 Å². The van der Waals surface area contributed by atoms with Crippen molar-refractivity contribution in [1.82, 2.24) is 9.62 Å². The summed E-state index contributed by atoms with van der Waals surface area (Å²) >= 11 is 5.81. The van der Waals surface area contributed by atoms with Crippen molar-refractivity contribution >= 4 is 33.2 Å². The van der Waals surface area contributed by atoms with Gasteiger partial charge in [0.05, 0.1) is 5.75 Å². The summed E-state index contributed by atoms with van der Waals surface area (Å²) in [6, 6.07) is 14.8. The number of hydrogen-bond acceptors (Lipinski definition) is 4. The Labute approximate surface area is 177 Å². The van der Waals surface area contributed by atoms with Crippen LogP contribution in [0.2, 0.25) is 5.02 Å². The lowest BCUT2D eigenvalue weighted by molar-refractivity contribution is 0.0953. The molecular weight excluding hydrogens is 410 g/mol. The largest absolute Gasteiger partial charge is 0.369 e. The SMILES string of the molecule is Cc1cccc(N2CCN(S(=O)(=O)CCCNC(=O)c3ccc(Cl)cc3)CC2)c1. The molecule has 0 aliphatic carbocycles. The Bertz CT molecular complexity index is 940. The fraction of sp³-hybridized carbons (Fsp3) is 0.381. The molecule has 156 valence electrons. The zero-order valence-corrected chi connectivity index (χ0v) is 18.0. The summed E-state index contributed by atoms with van der Waals surface area (Å²) in [4.78, 5) is 14.3. The Balaban J connectivity index is 1.43. The minimum Gasteiger partial charge on any atom is -0.369 e. The van der Waals surface area contributed by atoms with Gasteiger partial charge in [0.2, 0.25) is 10.0 Å². The molecule has 0 unspecified atom stereocenters. The predicted molar refractivity (Wildman–Crippen MR) is 117 cm³/mol. The number of amides is 1. The van der Waals surface area contributed by atoms with Gasteiger partial charge in [0, 0.05) is 49.0 Å². The molecule has 0 atom stereocenters. The summed E-state index contributed by atoms with van der Waals surface area (Å²) in [6.07, 6.45) is 0.375. The smallest absolute Gasteiger partial charge is 0.251 e. The average Bonchev–Trinajstić information content (AvgIpc) is 2.72. The van der Waals surface area contributed by atoms with Crippen molar-refractivity contribution in [2.75, 3.05) is 43.4 Å². The molecule has 1 saturated heterocycles. The van der Waals surface area contributed by atoms with Crippen LogP contribution in [0.3, 0.4) is 0 Å². The quantitative estimate of drug-likeness (QED) is 0.679. The van der Waals surface area contributed by atoms with Gasteiger partial charge < -0.3 is 10.2 Å². The van der Waals surface area contributed by atoms with Gasteiger partial charge in [-0.15, -0.1) is 0 Å². The first kappa shape index (κ1) is 21.6. The van der Waals surface area contributed by atoms with Gasteiger partial charge in [0.1, 0.15) is 0 Å². The first-order valence-electron chi connectivity index (χ1n) is 9.68. The standard InChI is InChI=1S/C21H26ClN3O3S/c1-17-4-2-5-20(16-17)24-11-13-25(14-12-24)29(27,28)15-3-10-23-21(26)18-6-8-19(22)9-7-18/h2,4-9,16H,3,10-15H2,1H3,(H,23,26). The Morgan fingerprint density at radius 1 is 1.07 bits per heavy atom. The molecule has 1 N–H and O–H groups in total. The summed E-state index contributed by atoms with van der Waals surface area (Å²) in [5.41, 5.74) is 2.83. The molecule has 8 heteroatoms. The maximum atomic E-state index is 12.6. The zero-order valence-electron chi connectivity index (χ0n) is 16.5. The molecule has 2 aromatic carbocycles. The second-order valence-electron chi connectivity index (χ2n) is 7.16. The number of piperazine rings is 1. The van der Waals surface area contributed by atoms with Crippen molar-refractivity contribution in [3.05, 3.63) is 64.7 Å². The number of anilines is 1. The lowest BCUT2D eigenvalue weighted by atomic mass is 10.2. The molecule has 2 aromatic rings. The topological polar surface area (TPSA) is 69.7 Å². The third kappa shape index (κ3) is 5.95. The molecule has 0 bridgehead atoms. The first-order chi connectivity index (χ1) is 13.8. The summed E-state index contributed by atoms with van der Waals surface area (Å²) in [6.45, 7) is 4.67. The molecule has 0 aromatic heterocycles. The second-order valence-corrected chi connectivity index (χ2v) is 9.68. The van der Waals surface area contributed by atoms with E-state index in [1.54, 1.807) is 28.6 Å². The molecular formula is C21H26ClN3O3S. The van der Waals surface area contributed by atoms with Crippen LogP contribution in [-0.4, -0.2) is 57.1 Å². The highest BCUT2D eigenvalue weighted by Gasteiger charge is 2.26. The first-order valence-corrected chi connectivity index (χ1v) is 11.7. The Morgan fingerprint density at radius 3 is 2.41 bits per heavy atom. The number of carbonyl (C=O) groups excluding carboxylic acids is 1. The van der Waals surface area contributed by atoms with E-state index in [9.17, 15) is 13.2 Å². The van der Waals surface area contributed by atoms with Crippen LogP contribution < -0.4 is 10.2 Å². The molecule has 1 aliphatic heterocycles. The monoisotopic (exact) mass is 435 g/mol. The van der Waals surface area contributed by atoms with Crippen LogP contribution in [0.1, 0.15) is 22.3 Å². The van der Waals surface area contributed by atoms with Crippen LogP contribution in [0.5, 0.6) is 0 Å². The van der Waals surface area contributed by atoms with Gasteiger partial charge in [-0.05, 0) is 55.3 Å². The normalized spacial score (nSPS) is 15.3. The van der Waals surface area contributed by atoms with E-state index in [4.69, 9.17) is 11.6 Å². The number of carbonyl (C=O) groups is 1. The summed E-state index contributed by atoms with van der Waals surface area (Å²) in [7, 11) is -3.33. The molecule has 6 nitrogen and oxygen atoms in total. The van der Waals surface area contributed by atoms with Crippen molar-refractivity contribution in [1.29, 1.82) is 0 Å². The Morgan fingerprint density at radius 2 is 1.76 bits per heavy atom. The van der Waals surface area contributed by atoms with Crippen LogP contribution in [0.25, 0.3) is 0 Å². The molecule has 1 fully saturated rings. The van der Waals surface area contributed by atoms with E-state index in [-0.39, 0.29) is 11.7 Å². The van der Waals surface area contributed by atoms with Gasteiger partial charge >= 0.3 is 0 Å². The molecule has 29 heavy (non-hydrogen) atoms. The number of nitrogens with one attached hydrogen (secondary N) is 1. The highest BCUT2D eigenvalue weighted by molar-refractivity contribution is 7.89. The van der Waals surface area contributed by atoms with Gasteiger partial charge in [0.15, 0.2) is 0 Å². The minimum absolute atomic E-state index is 0.0261. The van der Waals surface area contributed by atoms with Gasteiger partial charge in [0.25, 0.3) is 5.91 Å². The van der Waals surface area contributed by atoms with Crippen LogP contribution in [0, 0.1) is 6.92 Å². The van der Waals surface area contributed by atoms with Crippen LogP contribution in [0.15, 0.2) is 48.5 Å². The van der Waals surface area contributed by atoms with E-state index in [1.165, 1.54) is 5.56 Å². The maximum Gasteiger partial charge on any atom is 0.251 e. The van der Waals surface area contributed by atoms with E-state index in [0.717, 1.165) is 5.69 Å². The molecule has 0 spiro atoms. The highest BCUT2D eigenvalue weighted by Crippen LogP contribution is 2.19. The van der Waals surface area contributed by atoms with E-state index >= 15 is 0 Å². The third-order valence-corrected chi connectivity index (χ3v) is 7.18. The molecule has 3 rings (SSSR count). The lowest BCUT2D eigenvalue weighted by Gasteiger charge is -2.35. The zero-order chi connectivity index (χ0) is 20.9. The second kappa shape index (κ2) is 9.61. The molecule has 1 heterocycles. The van der Waals surface area contributed by atoms with Crippen molar-refractivity contribution in [3.63, 3.8) is 0 Å². The van der Waals surface area contributed by atoms with Crippen LogP contribution in [0.4, 0.5) is 5.69 Å². The molecule has 0 radical (unpaired) electrons. The highest BCUT2D eigenvalue weighted by atomic mass is 35.5. The van der Waals surface area contributed by atoms with Crippen LogP contribution in [-0.2, 0) is 10.0 Å². The van der Waals surface area contributed by atoms with E-state index in [1.807, 2.05) is 6.07 Å². The van der Waals surface area contributed by atoms with Gasteiger partial charge in [-0.1, -0.05) is 23.7 Å².